The normalized spacial score (nSPS) is 9.00. The molecule has 29 valence electrons. The Hall–Kier alpha value is 0.0595. The van der Waals surface area contributed by atoms with Crippen LogP contribution in [0.25, 0.3) is 0 Å². The van der Waals surface area contributed by atoms with Crippen LogP contribution in [0, 0.1) is 0 Å². The second-order valence-corrected chi connectivity index (χ2v) is 0.859. The summed E-state index contributed by atoms with van der Waals surface area (Å²) in [6.45, 7) is 1.90. The fourth-order valence-corrected chi connectivity index (χ4v) is 0.217. The molecule has 1 nitrogen and oxygen atoms in total. The standard InChI is InChI=1S/C3H5N.Fe/c1-2-3-4;/h2-3H,1H3;/q;+1/b3-2-;. The van der Waals surface area contributed by atoms with Gasteiger partial charge in [-0.25, -0.2) is 0 Å². The van der Waals surface area contributed by atoms with Crippen LogP contribution >= 0.6 is 0 Å². The monoisotopic (exact) mass is 111 g/mol. The maximum absolute atomic E-state index is 3.42. The molecule has 0 saturated heterocycles. The molecule has 0 aliphatic carbocycles. The van der Waals surface area contributed by atoms with Gasteiger partial charge in [-0.1, -0.05) is 0 Å². The van der Waals surface area contributed by atoms with E-state index in [4.69, 9.17) is 0 Å². The zero-order valence-electron chi connectivity index (χ0n) is 2.96. The first-order valence-corrected chi connectivity index (χ1v) is 1.82. The Kier molecular flexibility index (Phi) is 4.11. The topological polar surface area (TPSA) is 12.4 Å². The van der Waals surface area contributed by atoms with Gasteiger partial charge in [0.25, 0.3) is 0 Å². The second-order valence-electron chi connectivity index (χ2n) is 0.574. The molecule has 0 heterocycles. The zero-order valence-corrected chi connectivity index (χ0v) is 4.06. The van der Waals surface area contributed by atoms with Crippen molar-refractivity contribution in [2.45, 2.75) is 6.92 Å². The van der Waals surface area contributed by atoms with E-state index in [1.165, 1.54) is 0 Å². The summed E-state index contributed by atoms with van der Waals surface area (Å²) < 4.78 is 3.42. The van der Waals surface area contributed by atoms with Crippen LogP contribution < -0.4 is 0 Å². The first kappa shape index (κ1) is 5.06. The third-order valence-electron chi connectivity index (χ3n) is 0.202. The number of allylic oxidation sites excluding steroid dienone is 1. The van der Waals surface area contributed by atoms with Crippen LogP contribution in [0.3, 0.4) is 0 Å². The summed E-state index contributed by atoms with van der Waals surface area (Å²) in [5, 5.41) is 0. The van der Waals surface area contributed by atoms with E-state index in [-0.39, 0.29) is 0 Å². The van der Waals surface area contributed by atoms with E-state index in [2.05, 4.69) is 19.8 Å². The summed E-state index contributed by atoms with van der Waals surface area (Å²) in [5.74, 6) is 0. The third kappa shape index (κ3) is 4.06. The van der Waals surface area contributed by atoms with Gasteiger partial charge in [0, 0.05) is 0 Å². The molecule has 0 aromatic heterocycles. The zero-order chi connectivity index (χ0) is 4.12. The van der Waals surface area contributed by atoms with Crippen LogP contribution in [-0.4, -0.2) is 0 Å². The van der Waals surface area contributed by atoms with E-state index < -0.39 is 0 Å². The van der Waals surface area contributed by atoms with Crippen LogP contribution in [0.2, 0.25) is 0 Å². The molecule has 0 aromatic carbocycles. The van der Waals surface area contributed by atoms with Crippen molar-refractivity contribution in [3.8, 4) is 0 Å². The van der Waals surface area contributed by atoms with Gasteiger partial charge in [0.1, 0.15) is 0 Å². The summed E-state index contributed by atoms with van der Waals surface area (Å²) in [7, 11) is 0. The van der Waals surface area contributed by atoms with E-state index in [1.54, 1.807) is 6.20 Å². The van der Waals surface area contributed by atoms with Gasteiger partial charge in [-0.05, 0) is 0 Å². The van der Waals surface area contributed by atoms with Gasteiger partial charge in [0.15, 0.2) is 0 Å². The average molecular weight is 111 g/mol. The Morgan fingerprint density at radius 3 is 2.40 bits per heavy atom. The number of rotatable bonds is 1. The molecule has 0 bridgehead atoms. The molecule has 0 rings (SSSR count). The van der Waals surface area contributed by atoms with E-state index in [9.17, 15) is 0 Å². The molecule has 0 N–H and O–H groups in total. The van der Waals surface area contributed by atoms with Gasteiger partial charge in [-0.15, -0.1) is 0 Å². The molecule has 0 spiro atoms. The van der Waals surface area contributed by atoms with Crippen LogP contribution in [0.15, 0.2) is 16.2 Å². The molecule has 2 heteroatoms. The van der Waals surface area contributed by atoms with Gasteiger partial charge in [-0.2, -0.15) is 0 Å². The van der Waals surface area contributed by atoms with Crippen molar-refractivity contribution < 1.29 is 15.8 Å². The van der Waals surface area contributed by atoms with Crippen molar-refractivity contribution in [2.24, 2.45) is 3.96 Å². The molecule has 0 atom stereocenters. The summed E-state index contributed by atoms with van der Waals surface area (Å²) in [5.41, 5.74) is 0. The first-order chi connectivity index (χ1) is 2.41. The van der Waals surface area contributed by atoms with Crippen LogP contribution in [0.4, 0.5) is 0 Å². The van der Waals surface area contributed by atoms with Crippen molar-refractivity contribution in [1.29, 1.82) is 0 Å². The van der Waals surface area contributed by atoms with Gasteiger partial charge >= 0.3 is 39.0 Å². The Balaban J connectivity index is 2.92. The van der Waals surface area contributed by atoms with Crippen LogP contribution in [0.1, 0.15) is 6.92 Å². The predicted molar refractivity (Wildman–Crippen MR) is 17.2 cm³/mol. The summed E-state index contributed by atoms with van der Waals surface area (Å²) in [4.78, 5) is 0. The van der Waals surface area contributed by atoms with Gasteiger partial charge < -0.3 is 0 Å². The molecular weight excluding hydrogens is 106 g/mol. The van der Waals surface area contributed by atoms with Crippen LogP contribution in [-0.2, 0) is 15.8 Å². The molecule has 0 aliphatic heterocycles. The molecule has 0 amide bonds. The Morgan fingerprint density at radius 2 is 2.40 bits per heavy atom. The van der Waals surface area contributed by atoms with Gasteiger partial charge in [0.05, 0.1) is 0 Å². The molecule has 0 saturated carbocycles. The molecule has 0 radical (unpaired) electrons. The molecule has 0 fully saturated rings. The quantitative estimate of drug-likeness (QED) is 0.451. The maximum atomic E-state index is 3.42. The van der Waals surface area contributed by atoms with Crippen LogP contribution in [0.5, 0.6) is 0 Å². The van der Waals surface area contributed by atoms with Gasteiger partial charge in [0.2, 0.25) is 0 Å². The van der Waals surface area contributed by atoms with E-state index >= 15 is 0 Å². The summed E-state index contributed by atoms with van der Waals surface area (Å²) in [6.07, 6.45) is 3.47. The van der Waals surface area contributed by atoms with Crippen molar-refractivity contribution in [2.75, 3.05) is 0 Å². The second kappa shape index (κ2) is 4.06. The van der Waals surface area contributed by atoms with E-state index in [0.717, 1.165) is 0 Å². The number of hydrogen-bond donors (Lipinski definition) is 0. The Labute approximate surface area is 39.7 Å². The van der Waals surface area contributed by atoms with Crippen molar-refractivity contribution in [3.63, 3.8) is 0 Å². The molecule has 0 aliphatic rings. The van der Waals surface area contributed by atoms with E-state index in [0.29, 0.717) is 0 Å². The molecule has 0 aromatic rings. The van der Waals surface area contributed by atoms with Gasteiger partial charge in [-0.3, -0.25) is 0 Å². The van der Waals surface area contributed by atoms with Crippen molar-refractivity contribution in [1.82, 2.24) is 0 Å². The van der Waals surface area contributed by atoms with E-state index in [1.807, 2.05) is 13.0 Å². The average Bonchev–Trinajstić information content (AvgIpc) is 1.41. The predicted octanol–water partition coefficient (Wildman–Crippen LogP) is 1.25. The summed E-state index contributed by atoms with van der Waals surface area (Å²) >= 11 is 3.21. The Morgan fingerprint density at radius 1 is 1.80 bits per heavy atom. The summed E-state index contributed by atoms with van der Waals surface area (Å²) in [6, 6.07) is 0. The SMILES string of the molecule is C/C=C\[N]=[Fe+]. The number of nitrogens with zero attached hydrogens (tertiary/aromatic N) is 1. The third-order valence-corrected chi connectivity index (χ3v) is 0.366. The van der Waals surface area contributed by atoms with Crippen molar-refractivity contribution >= 4 is 0 Å². The molecular formula is C3H5FeN+. The first-order valence-electron chi connectivity index (χ1n) is 1.33. The molecule has 0 unspecified atom stereocenters. The minimum atomic E-state index is 1.64. The fraction of sp³-hybridized carbons (Fsp3) is 0.333. The number of hydrogen-bond acceptors (Lipinski definition) is 1. The minimum absolute atomic E-state index is 1.64. The van der Waals surface area contributed by atoms with Crippen molar-refractivity contribution in [3.05, 3.63) is 12.3 Å². The fourth-order valence-electron chi connectivity index (χ4n) is 0.0527. The molecule has 5 heavy (non-hydrogen) atoms. The Bertz CT molecular complexity index is 48.9.